The lowest BCUT2D eigenvalue weighted by Crippen LogP contribution is -2.47. The Bertz CT molecular complexity index is 193. The first-order valence-electron chi connectivity index (χ1n) is 6.48. The highest BCUT2D eigenvalue weighted by molar-refractivity contribution is 4.73. The third kappa shape index (κ3) is 6.33. The van der Waals surface area contributed by atoms with Gasteiger partial charge in [0.1, 0.15) is 0 Å². The van der Waals surface area contributed by atoms with E-state index in [9.17, 15) is 5.11 Å². The Morgan fingerprint density at radius 2 is 2.41 bits per heavy atom. The van der Waals surface area contributed by atoms with E-state index in [1.54, 1.807) is 7.11 Å². The number of β-amino-alcohol motifs (C(OH)–C–C–N with tert-alkyl or cyclic N) is 1. The summed E-state index contributed by atoms with van der Waals surface area (Å²) in [4.78, 5) is 2.28. The largest absolute Gasteiger partial charge is 0.390 e. The number of rotatable bonds is 8. The first-order chi connectivity index (χ1) is 8.26. The highest BCUT2D eigenvalue weighted by Crippen LogP contribution is 2.08. The van der Waals surface area contributed by atoms with Crippen LogP contribution in [-0.2, 0) is 9.47 Å². The molecule has 0 amide bonds. The minimum absolute atomic E-state index is 0.317. The van der Waals surface area contributed by atoms with Gasteiger partial charge in [0.25, 0.3) is 0 Å². The number of hydrogen-bond acceptors (Lipinski definition) is 5. The molecule has 2 unspecified atom stereocenters. The van der Waals surface area contributed by atoms with Gasteiger partial charge in [-0.05, 0) is 6.42 Å². The fourth-order valence-corrected chi connectivity index (χ4v) is 2.00. The van der Waals surface area contributed by atoms with Crippen molar-refractivity contribution in [3.63, 3.8) is 0 Å². The smallest absolute Gasteiger partial charge is 0.0791 e. The van der Waals surface area contributed by atoms with Crippen LogP contribution in [0.4, 0.5) is 0 Å². The normalized spacial score (nSPS) is 23.8. The molecule has 0 saturated carbocycles. The second-order valence-electron chi connectivity index (χ2n) is 4.51. The standard InChI is InChI=1S/C12H26N2O3/c1-3-12-10-14(5-7-17-12)9-11(15)8-13-4-6-16-2/h11-13,15H,3-10H2,1-2H3. The van der Waals surface area contributed by atoms with Crippen LogP contribution in [0.15, 0.2) is 0 Å². The highest BCUT2D eigenvalue weighted by atomic mass is 16.5. The molecule has 0 aromatic carbocycles. The van der Waals surface area contributed by atoms with E-state index in [4.69, 9.17) is 9.47 Å². The summed E-state index contributed by atoms with van der Waals surface area (Å²) in [7, 11) is 1.68. The predicted octanol–water partition coefficient (Wildman–Crippen LogP) is -0.306. The van der Waals surface area contributed by atoms with Crippen molar-refractivity contribution in [1.29, 1.82) is 0 Å². The molecule has 0 aromatic heterocycles. The molecule has 1 saturated heterocycles. The second-order valence-corrected chi connectivity index (χ2v) is 4.51. The van der Waals surface area contributed by atoms with E-state index in [2.05, 4.69) is 17.1 Å². The zero-order valence-corrected chi connectivity index (χ0v) is 11.0. The van der Waals surface area contributed by atoms with E-state index < -0.39 is 0 Å². The van der Waals surface area contributed by atoms with E-state index in [1.165, 1.54) is 0 Å². The number of hydrogen-bond donors (Lipinski definition) is 2. The Kier molecular flexibility index (Phi) is 7.72. The van der Waals surface area contributed by atoms with Crippen LogP contribution in [-0.4, -0.2) is 75.3 Å². The lowest BCUT2D eigenvalue weighted by Gasteiger charge is -2.33. The van der Waals surface area contributed by atoms with Crippen molar-refractivity contribution in [2.75, 3.05) is 53.0 Å². The van der Waals surface area contributed by atoms with Gasteiger partial charge in [0.15, 0.2) is 0 Å². The Labute approximate surface area is 104 Å². The zero-order valence-electron chi connectivity index (χ0n) is 11.0. The van der Waals surface area contributed by atoms with Crippen LogP contribution in [0.25, 0.3) is 0 Å². The molecule has 0 spiro atoms. The molecule has 1 aliphatic heterocycles. The van der Waals surface area contributed by atoms with Crippen LogP contribution >= 0.6 is 0 Å². The average Bonchev–Trinajstić information content (AvgIpc) is 2.35. The Morgan fingerprint density at radius 3 is 3.12 bits per heavy atom. The van der Waals surface area contributed by atoms with Gasteiger partial charge in [-0.25, -0.2) is 0 Å². The number of aliphatic hydroxyl groups excluding tert-OH is 1. The minimum Gasteiger partial charge on any atom is -0.390 e. The van der Waals surface area contributed by atoms with E-state index in [0.29, 0.717) is 19.3 Å². The van der Waals surface area contributed by atoms with E-state index in [1.807, 2.05) is 0 Å². The summed E-state index contributed by atoms with van der Waals surface area (Å²) < 4.78 is 10.5. The van der Waals surface area contributed by atoms with Crippen molar-refractivity contribution in [1.82, 2.24) is 10.2 Å². The number of nitrogens with zero attached hydrogens (tertiary/aromatic N) is 1. The number of methoxy groups -OCH3 is 1. The monoisotopic (exact) mass is 246 g/mol. The Balaban J connectivity index is 2.10. The molecule has 0 radical (unpaired) electrons. The molecule has 1 rings (SSSR count). The number of nitrogens with one attached hydrogen (secondary N) is 1. The van der Waals surface area contributed by atoms with Gasteiger partial charge in [-0.3, -0.25) is 4.90 Å². The van der Waals surface area contributed by atoms with E-state index >= 15 is 0 Å². The first kappa shape index (κ1) is 14.9. The molecule has 1 heterocycles. The summed E-state index contributed by atoms with van der Waals surface area (Å²) in [5.41, 5.74) is 0. The molecule has 2 N–H and O–H groups in total. The maximum absolute atomic E-state index is 9.87. The zero-order chi connectivity index (χ0) is 12.5. The van der Waals surface area contributed by atoms with Gasteiger partial charge in [0.05, 0.1) is 25.4 Å². The van der Waals surface area contributed by atoms with Gasteiger partial charge in [-0.2, -0.15) is 0 Å². The summed E-state index contributed by atoms with van der Waals surface area (Å²) in [6.45, 7) is 7.59. The molecular weight excluding hydrogens is 220 g/mol. The van der Waals surface area contributed by atoms with Gasteiger partial charge < -0.3 is 19.9 Å². The Hall–Kier alpha value is -0.200. The fourth-order valence-electron chi connectivity index (χ4n) is 2.00. The van der Waals surface area contributed by atoms with Crippen molar-refractivity contribution in [3.8, 4) is 0 Å². The van der Waals surface area contributed by atoms with Crippen LogP contribution in [0.3, 0.4) is 0 Å². The summed E-state index contributed by atoms with van der Waals surface area (Å²) in [6.07, 6.45) is 1.05. The maximum atomic E-state index is 9.87. The second kappa shape index (κ2) is 8.83. The van der Waals surface area contributed by atoms with E-state index in [0.717, 1.165) is 39.2 Å². The van der Waals surface area contributed by atoms with Crippen molar-refractivity contribution < 1.29 is 14.6 Å². The predicted molar refractivity (Wildman–Crippen MR) is 67.2 cm³/mol. The molecule has 5 nitrogen and oxygen atoms in total. The van der Waals surface area contributed by atoms with Crippen molar-refractivity contribution >= 4 is 0 Å². The summed E-state index contributed by atoms with van der Waals surface area (Å²) in [5, 5.41) is 13.0. The SMILES string of the molecule is CCC1CN(CC(O)CNCCOC)CCO1. The number of morpholine rings is 1. The van der Waals surface area contributed by atoms with Gasteiger partial charge in [0, 0.05) is 39.8 Å². The summed E-state index contributed by atoms with van der Waals surface area (Å²) in [6, 6.07) is 0. The van der Waals surface area contributed by atoms with Crippen LogP contribution in [0.2, 0.25) is 0 Å². The lowest BCUT2D eigenvalue weighted by atomic mass is 10.2. The maximum Gasteiger partial charge on any atom is 0.0791 e. The van der Waals surface area contributed by atoms with Gasteiger partial charge in [-0.15, -0.1) is 0 Å². The first-order valence-corrected chi connectivity index (χ1v) is 6.48. The number of aliphatic hydroxyl groups is 1. The third-order valence-electron chi connectivity index (χ3n) is 3.01. The fraction of sp³-hybridized carbons (Fsp3) is 1.00. The molecular formula is C12H26N2O3. The highest BCUT2D eigenvalue weighted by Gasteiger charge is 2.20. The van der Waals surface area contributed by atoms with Crippen molar-refractivity contribution in [2.24, 2.45) is 0 Å². The van der Waals surface area contributed by atoms with Crippen LogP contribution in [0, 0.1) is 0 Å². The molecule has 1 fully saturated rings. The van der Waals surface area contributed by atoms with Gasteiger partial charge >= 0.3 is 0 Å². The molecule has 17 heavy (non-hydrogen) atoms. The third-order valence-corrected chi connectivity index (χ3v) is 3.01. The van der Waals surface area contributed by atoms with Gasteiger partial charge in [0.2, 0.25) is 0 Å². The quantitative estimate of drug-likeness (QED) is 0.576. The van der Waals surface area contributed by atoms with Crippen LogP contribution < -0.4 is 5.32 Å². The lowest BCUT2D eigenvalue weighted by molar-refractivity contribution is -0.0412. The average molecular weight is 246 g/mol. The number of ether oxygens (including phenoxy) is 2. The molecule has 0 bridgehead atoms. The summed E-state index contributed by atoms with van der Waals surface area (Å²) in [5.74, 6) is 0. The molecule has 5 heteroatoms. The topological polar surface area (TPSA) is 54.0 Å². The molecule has 0 aliphatic carbocycles. The van der Waals surface area contributed by atoms with Crippen molar-refractivity contribution in [2.45, 2.75) is 25.6 Å². The molecule has 1 aliphatic rings. The molecule has 102 valence electrons. The Morgan fingerprint density at radius 1 is 1.59 bits per heavy atom. The van der Waals surface area contributed by atoms with Crippen LogP contribution in [0.5, 0.6) is 0 Å². The van der Waals surface area contributed by atoms with Crippen molar-refractivity contribution in [3.05, 3.63) is 0 Å². The minimum atomic E-state index is -0.317. The summed E-state index contributed by atoms with van der Waals surface area (Å²) >= 11 is 0. The van der Waals surface area contributed by atoms with Crippen LogP contribution in [0.1, 0.15) is 13.3 Å². The molecule has 0 aromatic rings. The van der Waals surface area contributed by atoms with E-state index in [-0.39, 0.29) is 6.10 Å². The van der Waals surface area contributed by atoms with Gasteiger partial charge in [-0.1, -0.05) is 6.92 Å². The molecule has 2 atom stereocenters.